The molecule has 0 rings (SSSR count). The van der Waals surface area contributed by atoms with Gasteiger partial charge in [0.05, 0.1) is 6.04 Å². The number of carbonyl (C=O) groups is 4. The average Bonchev–Trinajstić information content (AvgIpc) is 2.54. The largest absolute Gasteiger partial charge is 0.480 e. The first-order valence-electron chi connectivity index (χ1n) is 8.46. The van der Waals surface area contributed by atoms with Crippen LogP contribution in [0, 0.1) is 11.8 Å². The van der Waals surface area contributed by atoms with E-state index in [-0.39, 0.29) is 17.6 Å². The van der Waals surface area contributed by atoms with Gasteiger partial charge in [-0.05, 0) is 18.3 Å². The predicted molar refractivity (Wildman–Crippen MR) is 101 cm³/mol. The molecule has 0 saturated carbocycles. The first-order valence-corrected chi connectivity index (χ1v) is 9.09. The zero-order chi connectivity index (χ0) is 20.4. The van der Waals surface area contributed by atoms with Crippen molar-refractivity contribution in [1.82, 2.24) is 16.0 Å². The molecule has 0 saturated heterocycles. The highest BCUT2D eigenvalue weighted by Gasteiger charge is 2.28. The van der Waals surface area contributed by atoms with Gasteiger partial charge in [-0.1, -0.05) is 27.7 Å². The molecule has 0 fully saturated rings. The SMILES string of the molecule is CC(C)CC(NC(=O)C(CS)NC(=O)C(N)C(C)C)C(=O)NCC(=O)O. The molecule has 3 atom stereocenters. The monoisotopic (exact) mass is 390 g/mol. The topological polar surface area (TPSA) is 151 Å². The summed E-state index contributed by atoms with van der Waals surface area (Å²) < 4.78 is 0. The van der Waals surface area contributed by atoms with Crippen molar-refractivity contribution in [1.29, 1.82) is 0 Å². The molecule has 9 nitrogen and oxygen atoms in total. The van der Waals surface area contributed by atoms with Gasteiger partial charge < -0.3 is 26.8 Å². The van der Waals surface area contributed by atoms with E-state index in [4.69, 9.17) is 10.8 Å². The van der Waals surface area contributed by atoms with Crippen LogP contribution < -0.4 is 21.7 Å². The summed E-state index contributed by atoms with van der Waals surface area (Å²) in [6, 6.07) is -2.65. The lowest BCUT2D eigenvalue weighted by atomic mass is 10.0. The van der Waals surface area contributed by atoms with Crippen molar-refractivity contribution in [2.75, 3.05) is 12.3 Å². The quantitative estimate of drug-likeness (QED) is 0.252. The summed E-state index contributed by atoms with van der Waals surface area (Å²) in [5.41, 5.74) is 5.76. The number of aliphatic carboxylic acids is 1. The summed E-state index contributed by atoms with van der Waals surface area (Å²) >= 11 is 4.07. The number of nitrogens with two attached hydrogens (primary N) is 1. The molecule has 26 heavy (non-hydrogen) atoms. The summed E-state index contributed by atoms with van der Waals surface area (Å²) in [6.45, 7) is 6.75. The molecule has 0 aliphatic heterocycles. The second-order valence-corrected chi connectivity index (χ2v) is 7.18. The van der Waals surface area contributed by atoms with Crippen LogP contribution in [0.2, 0.25) is 0 Å². The lowest BCUT2D eigenvalue weighted by molar-refractivity contribution is -0.138. The first-order chi connectivity index (χ1) is 12.0. The molecule has 0 spiro atoms. The highest BCUT2D eigenvalue weighted by atomic mass is 32.1. The molecule has 10 heteroatoms. The summed E-state index contributed by atoms with van der Waals surface area (Å²) in [4.78, 5) is 47.2. The maximum atomic E-state index is 12.4. The summed E-state index contributed by atoms with van der Waals surface area (Å²) in [6.07, 6.45) is 0.315. The van der Waals surface area contributed by atoms with Crippen molar-refractivity contribution in [3.05, 3.63) is 0 Å². The van der Waals surface area contributed by atoms with Crippen molar-refractivity contribution in [2.45, 2.75) is 52.2 Å². The minimum atomic E-state index is -1.18. The van der Waals surface area contributed by atoms with E-state index in [0.29, 0.717) is 6.42 Å². The van der Waals surface area contributed by atoms with Crippen molar-refractivity contribution >= 4 is 36.3 Å². The van der Waals surface area contributed by atoms with Gasteiger partial charge >= 0.3 is 5.97 Å². The average molecular weight is 391 g/mol. The number of hydrogen-bond acceptors (Lipinski definition) is 6. The fourth-order valence-corrected chi connectivity index (χ4v) is 2.28. The van der Waals surface area contributed by atoms with Crippen LogP contribution in [0.5, 0.6) is 0 Å². The zero-order valence-electron chi connectivity index (χ0n) is 15.6. The molecule has 0 radical (unpaired) electrons. The van der Waals surface area contributed by atoms with Gasteiger partial charge in [-0.3, -0.25) is 19.2 Å². The van der Waals surface area contributed by atoms with Crippen molar-refractivity contribution in [3.63, 3.8) is 0 Å². The second-order valence-electron chi connectivity index (χ2n) is 6.82. The molecule has 3 unspecified atom stereocenters. The van der Waals surface area contributed by atoms with Crippen LogP contribution in [0.1, 0.15) is 34.1 Å². The Morgan fingerprint density at radius 3 is 1.92 bits per heavy atom. The zero-order valence-corrected chi connectivity index (χ0v) is 16.5. The third-order valence-electron chi connectivity index (χ3n) is 3.59. The molecule has 0 bridgehead atoms. The third-order valence-corrected chi connectivity index (χ3v) is 3.96. The molecular formula is C16H30N4O5S. The maximum absolute atomic E-state index is 12.4. The third kappa shape index (κ3) is 9.04. The Bertz CT molecular complexity index is 513. The molecule has 0 aromatic carbocycles. The Labute approximate surface area is 159 Å². The number of carboxylic acids is 1. The van der Waals surface area contributed by atoms with Crippen LogP contribution in [0.15, 0.2) is 0 Å². The number of amides is 3. The molecule has 6 N–H and O–H groups in total. The molecule has 0 aliphatic carbocycles. The Morgan fingerprint density at radius 1 is 0.962 bits per heavy atom. The van der Waals surface area contributed by atoms with Crippen LogP contribution in [0.4, 0.5) is 0 Å². The van der Waals surface area contributed by atoms with Crippen LogP contribution in [-0.2, 0) is 19.2 Å². The van der Waals surface area contributed by atoms with Crippen LogP contribution >= 0.6 is 12.6 Å². The van der Waals surface area contributed by atoms with Gasteiger partial charge in [0.15, 0.2) is 0 Å². The van der Waals surface area contributed by atoms with E-state index >= 15 is 0 Å². The number of carbonyl (C=O) groups excluding carboxylic acids is 3. The number of hydrogen-bond donors (Lipinski definition) is 6. The Hall–Kier alpha value is -1.81. The van der Waals surface area contributed by atoms with Gasteiger partial charge in [0, 0.05) is 5.75 Å². The molecule has 0 heterocycles. The van der Waals surface area contributed by atoms with Crippen LogP contribution in [0.25, 0.3) is 0 Å². The van der Waals surface area contributed by atoms with E-state index in [1.807, 2.05) is 13.8 Å². The van der Waals surface area contributed by atoms with Crippen molar-refractivity contribution in [2.24, 2.45) is 17.6 Å². The summed E-state index contributed by atoms with van der Waals surface area (Å²) in [5, 5.41) is 16.0. The van der Waals surface area contributed by atoms with Gasteiger partial charge in [0.2, 0.25) is 17.7 Å². The van der Waals surface area contributed by atoms with Gasteiger partial charge in [-0.15, -0.1) is 0 Å². The van der Waals surface area contributed by atoms with Crippen LogP contribution in [0.3, 0.4) is 0 Å². The van der Waals surface area contributed by atoms with E-state index in [9.17, 15) is 19.2 Å². The highest BCUT2D eigenvalue weighted by molar-refractivity contribution is 7.80. The highest BCUT2D eigenvalue weighted by Crippen LogP contribution is 2.06. The van der Waals surface area contributed by atoms with Crippen molar-refractivity contribution in [3.8, 4) is 0 Å². The lowest BCUT2D eigenvalue weighted by Crippen LogP contribution is -2.57. The molecular weight excluding hydrogens is 360 g/mol. The Kier molecular flexibility index (Phi) is 10.9. The van der Waals surface area contributed by atoms with Crippen LogP contribution in [-0.4, -0.2) is 59.2 Å². The summed E-state index contributed by atoms with van der Waals surface area (Å²) in [5.74, 6) is -2.85. The van der Waals surface area contributed by atoms with E-state index in [0.717, 1.165) is 0 Å². The van der Waals surface area contributed by atoms with E-state index in [1.54, 1.807) is 13.8 Å². The van der Waals surface area contributed by atoms with Gasteiger partial charge in [0.1, 0.15) is 18.6 Å². The molecule has 0 aromatic rings. The van der Waals surface area contributed by atoms with E-state index < -0.39 is 48.4 Å². The first kappa shape index (κ1) is 24.2. The fourth-order valence-electron chi connectivity index (χ4n) is 2.03. The lowest BCUT2D eigenvalue weighted by Gasteiger charge is -2.24. The number of rotatable bonds is 11. The fraction of sp³-hybridized carbons (Fsp3) is 0.750. The number of nitrogens with one attached hydrogen (secondary N) is 3. The minimum Gasteiger partial charge on any atom is -0.480 e. The minimum absolute atomic E-state index is 0.0214. The Morgan fingerprint density at radius 2 is 1.50 bits per heavy atom. The number of thiol groups is 1. The summed E-state index contributed by atoms with van der Waals surface area (Å²) in [7, 11) is 0. The van der Waals surface area contributed by atoms with E-state index in [1.165, 1.54) is 0 Å². The maximum Gasteiger partial charge on any atom is 0.322 e. The smallest absolute Gasteiger partial charge is 0.322 e. The van der Waals surface area contributed by atoms with Gasteiger partial charge in [0.25, 0.3) is 0 Å². The standard InChI is InChI=1S/C16H30N4O5S/c1-8(2)5-10(14(23)18-6-12(21)22)19-15(24)11(7-26)20-16(25)13(17)9(3)4/h8-11,13,26H,5-7,17H2,1-4H3,(H,18,23)(H,19,24)(H,20,25)(H,21,22). The van der Waals surface area contributed by atoms with Crippen molar-refractivity contribution < 1.29 is 24.3 Å². The van der Waals surface area contributed by atoms with Gasteiger partial charge in [-0.2, -0.15) is 12.6 Å². The second kappa shape index (κ2) is 11.7. The Balaban J connectivity index is 4.99. The van der Waals surface area contributed by atoms with Gasteiger partial charge in [-0.25, -0.2) is 0 Å². The molecule has 3 amide bonds. The number of carboxylic acid groups (broad SMARTS) is 1. The molecule has 0 aliphatic rings. The predicted octanol–water partition coefficient (Wildman–Crippen LogP) is -0.884. The normalized spacial score (nSPS) is 14.5. The molecule has 0 aromatic heterocycles. The van der Waals surface area contributed by atoms with E-state index in [2.05, 4.69) is 28.6 Å². The molecule has 150 valence electrons.